The van der Waals surface area contributed by atoms with Crippen LogP contribution in [0.15, 0.2) is 23.3 Å². The Morgan fingerprint density at radius 2 is 2.12 bits per heavy atom. The highest BCUT2D eigenvalue weighted by Gasteiger charge is 2.08. The zero-order chi connectivity index (χ0) is 12.5. The molecule has 0 aliphatic carbocycles. The lowest BCUT2D eigenvalue weighted by atomic mass is 10.3. The van der Waals surface area contributed by atoms with Crippen molar-refractivity contribution in [1.82, 2.24) is 15.0 Å². The first-order chi connectivity index (χ1) is 7.94. The van der Waals surface area contributed by atoms with Crippen molar-refractivity contribution in [3.05, 3.63) is 34.6 Å². The van der Waals surface area contributed by atoms with Crippen molar-refractivity contribution in [2.45, 2.75) is 19.6 Å². The number of nitrogens with one attached hydrogen (secondary N) is 1. The number of aromatic amines is 1. The largest absolute Gasteiger partial charge is 0.328 e. The van der Waals surface area contributed by atoms with Crippen LogP contribution in [0.3, 0.4) is 0 Å². The van der Waals surface area contributed by atoms with E-state index in [9.17, 15) is 4.79 Å². The maximum atomic E-state index is 11.2. The van der Waals surface area contributed by atoms with E-state index in [-0.39, 0.29) is 5.56 Å². The van der Waals surface area contributed by atoms with Crippen LogP contribution in [-0.2, 0) is 0 Å². The van der Waals surface area contributed by atoms with Gasteiger partial charge >= 0.3 is 0 Å². The van der Waals surface area contributed by atoms with E-state index in [1.54, 1.807) is 12.4 Å². The molecule has 0 amide bonds. The first-order valence-corrected chi connectivity index (χ1v) is 8.83. The van der Waals surface area contributed by atoms with Crippen LogP contribution in [0.5, 0.6) is 0 Å². The first kappa shape index (κ1) is 11.5. The molecular formula is C12H13N3OSi. The van der Waals surface area contributed by atoms with Crippen molar-refractivity contribution >= 4 is 19.0 Å². The molecule has 0 bridgehead atoms. The third-order valence-electron chi connectivity index (χ3n) is 2.04. The lowest BCUT2D eigenvalue weighted by Crippen LogP contribution is -2.16. The standard InChI is InChI=1S/C12H13N3OSi/c1-17(2,3)5-4-11-13-7-9-8-14-12(16)6-10(9)15-11/h6-8H,1-3H3,(H,14,16). The molecule has 2 rings (SSSR count). The predicted molar refractivity (Wildman–Crippen MR) is 70.4 cm³/mol. The summed E-state index contributed by atoms with van der Waals surface area (Å²) in [4.78, 5) is 22.2. The van der Waals surface area contributed by atoms with E-state index in [0.717, 1.165) is 5.39 Å². The Bertz CT molecular complexity index is 674. The second-order valence-electron chi connectivity index (χ2n) is 4.83. The minimum atomic E-state index is -1.43. The monoisotopic (exact) mass is 243 g/mol. The summed E-state index contributed by atoms with van der Waals surface area (Å²) in [7, 11) is -1.43. The summed E-state index contributed by atoms with van der Waals surface area (Å²) in [5, 5.41) is 0.808. The lowest BCUT2D eigenvalue weighted by molar-refractivity contribution is 1.15. The Kier molecular flexibility index (Phi) is 2.82. The van der Waals surface area contributed by atoms with E-state index in [1.165, 1.54) is 6.07 Å². The highest BCUT2D eigenvalue weighted by Crippen LogP contribution is 2.05. The maximum Gasteiger partial charge on any atom is 0.250 e. The number of H-pyrrole nitrogens is 1. The van der Waals surface area contributed by atoms with Gasteiger partial charge in [-0.3, -0.25) is 4.79 Å². The fourth-order valence-corrected chi connectivity index (χ4v) is 1.74. The number of aromatic nitrogens is 3. The zero-order valence-corrected chi connectivity index (χ0v) is 11.0. The molecule has 1 N–H and O–H groups in total. The number of hydrogen-bond acceptors (Lipinski definition) is 3. The molecule has 2 aromatic rings. The average Bonchev–Trinajstić information content (AvgIpc) is 2.24. The summed E-state index contributed by atoms with van der Waals surface area (Å²) in [6.07, 6.45) is 3.28. The first-order valence-electron chi connectivity index (χ1n) is 5.33. The van der Waals surface area contributed by atoms with Crippen LogP contribution in [-0.4, -0.2) is 23.0 Å². The molecule has 0 aromatic carbocycles. The summed E-state index contributed by atoms with van der Waals surface area (Å²) >= 11 is 0. The molecule has 2 heterocycles. The van der Waals surface area contributed by atoms with Gasteiger partial charge in [0.1, 0.15) is 8.07 Å². The third-order valence-corrected chi connectivity index (χ3v) is 2.91. The second-order valence-corrected chi connectivity index (χ2v) is 9.58. The summed E-state index contributed by atoms with van der Waals surface area (Å²) in [5.74, 6) is 3.45. The minimum Gasteiger partial charge on any atom is -0.328 e. The quantitative estimate of drug-likeness (QED) is 0.564. The van der Waals surface area contributed by atoms with Crippen LogP contribution in [0.4, 0.5) is 0 Å². The van der Waals surface area contributed by atoms with Gasteiger partial charge in [0.15, 0.2) is 0 Å². The Morgan fingerprint density at radius 3 is 2.82 bits per heavy atom. The smallest absolute Gasteiger partial charge is 0.250 e. The molecule has 0 aliphatic heterocycles. The van der Waals surface area contributed by atoms with E-state index < -0.39 is 8.07 Å². The van der Waals surface area contributed by atoms with Crippen molar-refractivity contribution in [2.24, 2.45) is 0 Å². The van der Waals surface area contributed by atoms with Gasteiger partial charge in [0, 0.05) is 23.8 Å². The molecule has 17 heavy (non-hydrogen) atoms. The summed E-state index contributed by atoms with van der Waals surface area (Å²) in [5.41, 5.74) is 3.66. The van der Waals surface area contributed by atoms with Crippen molar-refractivity contribution in [1.29, 1.82) is 0 Å². The van der Waals surface area contributed by atoms with Gasteiger partial charge in [-0.05, 0) is 5.92 Å². The number of fused-ring (bicyclic) bond motifs is 1. The Morgan fingerprint density at radius 1 is 1.35 bits per heavy atom. The molecule has 0 aliphatic rings. The van der Waals surface area contributed by atoms with Gasteiger partial charge < -0.3 is 4.98 Å². The molecule has 0 saturated carbocycles. The van der Waals surface area contributed by atoms with Gasteiger partial charge in [-0.15, -0.1) is 5.54 Å². The SMILES string of the molecule is C[Si](C)(C)C#Cc1ncc2c[nH]c(=O)cc2n1. The van der Waals surface area contributed by atoms with E-state index in [1.807, 2.05) is 0 Å². The molecule has 0 fully saturated rings. The normalized spacial score (nSPS) is 11.0. The van der Waals surface area contributed by atoms with Crippen molar-refractivity contribution in [3.63, 3.8) is 0 Å². The van der Waals surface area contributed by atoms with Gasteiger partial charge in [-0.25, -0.2) is 9.97 Å². The van der Waals surface area contributed by atoms with Crippen molar-refractivity contribution in [3.8, 4) is 11.5 Å². The Labute approximate surface area is 100 Å². The third kappa shape index (κ3) is 3.01. The number of pyridine rings is 1. The highest BCUT2D eigenvalue weighted by molar-refractivity contribution is 6.83. The molecule has 4 nitrogen and oxygen atoms in total. The minimum absolute atomic E-state index is 0.166. The Balaban J connectivity index is 2.50. The van der Waals surface area contributed by atoms with Crippen molar-refractivity contribution in [2.75, 3.05) is 0 Å². The topological polar surface area (TPSA) is 58.6 Å². The van der Waals surface area contributed by atoms with Gasteiger partial charge in [-0.1, -0.05) is 19.6 Å². The van der Waals surface area contributed by atoms with Crippen LogP contribution in [0.1, 0.15) is 5.82 Å². The molecule has 86 valence electrons. The van der Waals surface area contributed by atoms with Crippen LogP contribution in [0.25, 0.3) is 10.9 Å². The molecule has 0 spiro atoms. The van der Waals surface area contributed by atoms with Crippen LogP contribution >= 0.6 is 0 Å². The van der Waals surface area contributed by atoms with Crippen molar-refractivity contribution < 1.29 is 0 Å². The van der Waals surface area contributed by atoms with Crippen LogP contribution in [0, 0.1) is 11.5 Å². The fourth-order valence-electron chi connectivity index (χ4n) is 1.25. The number of rotatable bonds is 0. The highest BCUT2D eigenvalue weighted by atomic mass is 28.3. The van der Waals surface area contributed by atoms with Crippen LogP contribution < -0.4 is 5.56 Å². The zero-order valence-electron chi connectivity index (χ0n) is 10.0. The molecule has 0 unspecified atom stereocenters. The second kappa shape index (κ2) is 4.15. The van der Waals surface area contributed by atoms with E-state index in [0.29, 0.717) is 11.3 Å². The molecular weight excluding hydrogens is 230 g/mol. The maximum absolute atomic E-state index is 11.2. The van der Waals surface area contributed by atoms with E-state index in [4.69, 9.17) is 0 Å². The van der Waals surface area contributed by atoms with E-state index in [2.05, 4.69) is 46.1 Å². The molecule has 2 aromatic heterocycles. The van der Waals surface area contributed by atoms with Crippen LogP contribution in [0.2, 0.25) is 19.6 Å². The van der Waals surface area contributed by atoms with Gasteiger partial charge in [0.05, 0.1) is 5.52 Å². The number of hydrogen-bond donors (Lipinski definition) is 1. The number of nitrogens with zero attached hydrogens (tertiary/aromatic N) is 2. The summed E-state index contributed by atoms with van der Waals surface area (Å²) in [6.45, 7) is 6.48. The lowest BCUT2D eigenvalue weighted by Gasteiger charge is -2.03. The van der Waals surface area contributed by atoms with E-state index >= 15 is 0 Å². The molecule has 0 radical (unpaired) electrons. The Hall–Kier alpha value is -1.93. The predicted octanol–water partition coefficient (Wildman–Crippen LogP) is 1.55. The fraction of sp³-hybridized carbons (Fsp3) is 0.250. The molecule has 5 heteroatoms. The molecule has 0 saturated heterocycles. The van der Waals surface area contributed by atoms with Gasteiger partial charge in [-0.2, -0.15) is 0 Å². The molecule has 0 atom stereocenters. The summed E-state index contributed by atoms with van der Waals surface area (Å²) < 4.78 is 0. The average molecular weight is 243 g/mol. The van der Waals surface area contributed by atoms with Gasteiger partial charge in [0.25, 0.3) is 0 Å². The summed E-state index contributed by atoms with van der Waals surface area (Å²) in [6, 6.07) is 1.46. The van der Waals surface area contributed by atoms with Gasteiger partial charge in [0.2, 0.25) is 11.4 Å².